The second kappa shape index (κ2) is 5.19. The van der Waals surface area contributed by atoms with E-state index in [1.54, 1.807) is 0 Å². The van der Waals surface area contributed by atoms with E-state index in [-0.39, 0.29) is 5.56 Å². The van der Waals surface area contributed by atoms with Crippen molar-refractivity contribution < 1.29 is 14.3 Å². The first-order valence-electron chi connectivity index (χ1n) is 4.12. The molecular formula is C9H7Cl3FNO2. The van der Waals surface area contributed by atoms with Crippen molar-refractivity contribution in [3.8, 4) is 0 Å². The summed E-state index contributed by atoms with van der Waals surface area (Å²) in [6.07, 6.45) is -1.67. The molecule has 2 N–H and O–H groups in total. The lowest BCUT2D eigenvalue weighted by Gasteiger charge is -2.19. The van der Waals surface area contributed by atoms with Gasteiger partial charge in [0, 0.05) is 5.56 Å². The molecular weight excluding hydrogens is 279 g/mol. The Morgan fingerprint density at radius 2 is 2.06 bits per heavy atom. The number of alkyl halides is 3. The number of rotatable bonds is 2. The first-order valence-corrected chi connectivity index (χ1v) is 5.25. The molecule has 1 amide bonds. The zero-order valence-corrected chi connectivity index (χ0v) is 10.0. The Morgan fingerprint density at radius 3 is 2.56 bits per heavy atom. The first kappa shape index (κ1) is 13.5. The number of amides is 1. The van der Waals surface area contributed by atoms with E-state index in [0.717, 1.165) is 6.07 Å². The molecule has 1 aromatic rings. The molecule has 1 atom stereocenters. The van der Waals surface area contributed by atoms with Gasteiger partial charge in [0.1, 0.15) is 5.82 Å². The maximum Gasteiger partial charge on any atom is 0.253 e. The van der Waals surface area contributed by atoms with Crippen LogP contribution in [0.4, 0.5) is 4.39 Å². The van der Waals surface area contributed by atoms with E-state index in [9.17, 15) is 14.3 Å². The Labute approximate surface area is 106 Å². The molecule has 1 unspecified atom stereocenters. The van der Waals surface area contributed by atoms with E-state index in [2.05, 4.69) is 0 Å². The van der Waals surface area contributed by atoms with Gasteiger partial charge < -0.3 is 10.4 Å². The summed E-state index contributed by atoms with van der Waals surface area (Å²) in [4.78, 5) is 11.4. The van der Waals surface area contributed by atoms with Gasteiger partial charge in [-0.15, -0.1) is 0 Å². The fourth-order valence-corrected chi connectivity index (χ4v) is 1.08. The van der Waals surface area contributed by atoms with Crippen molar-refractivity contribution in [1.29, 1.82) is 0 Å². The van der Waals surface area contributed by atoms with E-state index in [4.69, 9.17) is 34.8 Å². The van der Waals surface area contributed by atoms with E-state index in [1.807, 2.05) is 5.32 Å². The van der Waals surface area contributed by atoms with Crippen molar-refractivity contribution in [2.24, 2.45) is 0 Å². The third-order valence-electron chi connectivity index (χ3n) is 1.66. The van der Waals surface area contributed by atoms with Crippen molar-refractivity contribution in [3.05, 3.63) is 35.6 Å². The standard InChI is InChI=1S/C9H7Cl3FNO2/c10-9(11,12)8(16)14-7(15)5-2-1-3-6(13)4-5/h1-4,8,16H,(H,14,15). The molecule has 3 nitrogen and oxygen atoms in total. The topological polar surface area (TPSA) is 49.3 Å². The molecule has 0 aliphatic carbocycles. The van der Waals surface area contributed by atoms with Crippen LogP contribution in [0.1, 0.15) is 10.4 Å². The third kappa shape index (κ3) is 3.79. The summed E-state index contributed by atoms with van der Waals surface area (Å²) in [6, 6.07) is 4.90. The second-order valence-corrected chi connectivity index (χ2v) is 5.30. The Morgan fingerprint density at radius 1 is 1.44 bits per heavy atom. The average Bonchev–Trinajstić information content (AvgIpc) is 2.16. The molecule has 0 aromatic heterocycles. The minimum atomic E-state index is -2.04. The highest BCUT2D eigenvalue weighted by Gasteiger charge is 2.32. The molecule has 0 spiro atoms. The van der Waals surface area contributed by atoms with Crippen molar-refractivity contribution in [2.45, 2.75) is 10.0 Å². The molecule has 0 saturated heterocycles. The van der Waals surface area contributed by atoms with Gasteiger partial charge >= 0.3 is 0 Å². The predicted molar refractivity (Wildman–Crippen MR) is 60.2 cm³/mol. The average molecular weight is 287 g/mol. The summed E-state index contributed by atoms with van der Waals surface area (Å²) < 4.78 is 10.7. The zero-order valence-electron chi connectivity index (χ0n) is 7.75. The van der Waals surface area contributed by atoms with Crippen molar-refractivity contribution in [2.75, 3.05) is 0 Å². The summed E-state index contributed by atoms with van der Waals surface area (Å²) >= 11 is 16.0. The van der Waals surface area contributed by atoms with Crippen LogP contribution in [-0.2, 0) is 0 Å². The van der Waals surface area contributed by atoms with E-state index in [0.29, 0.717) is 0 Å². The maximum atomic E-state index is 12.8. The van der Waals surface area contributed by atoms with Gasteiger partial charge in [-0.1, -0.05) is 40.9 Å². The molecule has 0 bridgehead atoms. The molecule has 0 aliphatic rings. The normalized spacial score (nSPS) is 13.3. The summed E-state index contributed by atoms with van der Waals surface area (Å²) in [7, 11) is 0. The van der Waals surface area contributed by atoms with Crippen LogP contribution in [0.5, 0.6) is 0 Å². The van der Waals surface area contributed by atoms with Gasteiger partial charge in [0.05, 0.1) is 0 Å². The number of carbonyl (C=O) groups excluding carboxylic acids is 1. The molecule has 0 aliphatic heterocycles. The second-order valence-electron chi connectivity index (χ2n) is 2.93. The van der Waals surface area contributed by atoms with Gasteiger partial charge in [-0.25, -0.2) is 4.39 Å². The summed E-state index contributed by atoms with van der Waals surface area (Å²) in [5.74, 6) is -1.31. The molecule has 0 heterocycles. The quantitative estimate of drug-likeness (QED) is 0.647. The van der Waals surface area contributed by atoms with Gasteiger partial charge in [-0.2, -0.15) is 0 Å². The number of aliphatic hydroxyl groups excluding tert-OH is 1. The maximum absolute atomic E-state index is 12.8. The molecule has 88 valence electrons. The Bertz CT molecular complexity index is 395. The number of aliphatic hydroxyl groups is 1. The van der Waals surface area contributed by atoms with Crippen LogP contribution in [0.2, 0.25) is 0 Å². The molecule has 0 radical (unpaired) electrons. The van der Waals surface area contributed by atoms with Gasteiger partial charge in [-0.05, 0) is 18.2 Å². The number of hydrogen-bond donors (Lipinski definition) is 2. The molecule has 1 aromatic carbocycles. The van der Waals surface area contributed by atoms with Crippen LogP contribution >= 0.6 is 34.8 Å². The van der Waals surface area contributed by atoms with Crippen molar-refractivity contribution in [1.82, 2.24) is 5.32 Å². The molecule has 1 rings (SSSR count). The van der Waals surface area contributed by atoms with Gasteiger partial charge in [0.2, 0.25) is 3.79 Å². The van der Waals surface area contributed by atoms with E-state index in [1.165, 1.54) is 18.2 Å². The van der Waals surface area contributed by atoms with Gasteiger partial charge in [0.25, 0.3) is 5.91 Å². The molecule has 16 heavy (non-hydrogen) atoms. The summed E-state index contributed by atoms with van der Waals surface area (Å²) in [5, 5.41) is 11.3. The zero-order chi connectivity index (χ0) is 12.3. The number of hydrogen-bond acceptors (Lipinski definition) is 2. The molecule has 0 saturated carbocycles. The fraction of sp³-hybridized carbons (Fsp3) is 0.222. The van der Waals surface area contributed by atoms with Crippen LogP contribution in [0.3, 0.4) is 0 Å². The van der Waals surface area contributed by atoms with Gasteiger partial charge in [-0.3, -0.25) is 4.79 Å². The van der Waals surface area contributed by atoms with E-state index < -0.39 is 21.7 Å². The minimum Gasteiger partial charge on any atom is -0.369 e. The minimum absolute atomic E-state index is 0.0216. The van der Waals surface area contributed by atoms with Crippen LogP contribution in [-0.4, -0.2) is 21.0 Å². The van der Waals surface area contributed by atoms with Crippen LogP contribution < -0.4 is 5.32 Å². The number of nitrogens with one attached hydrogen (secondary N) is 1. The highest BCUT2D eigenvalue weighted by Crippen LogP contribution is 2.28. The lowest BCUT2D eigenvalue weighted by molar-refractivity contribution is 0.0791. The largest absolute Gasteiger partial charge is 0.369 e. The monoisotopic (exact) mass is 285 g/mol. The van der Waals surface area contributed by atoms with E-state index >= 15 is 0 Å². The first-order chi connectivity index (χ1) is 7.30. The van der Waals surface area contributed by atoms with Crippen molar-refractivity contribution in [3.63, 3.8) is 0 Å². The smallest absolute Gasteiger partial charge is 0.253 e. The Hall–Kier alpha value is -0.550. The lowest BCUT2D eigenvalue weighted by Crippen LogP contribution is -2.43. The number of carbonyl (C=O) groups is 1. The number of halogens is 4. The third-order valence-corrected chi connectivity index (χ3v) is 2.28. The molecule has 0 fully saturated rings. The van der Waals surface area contributed by atoms with Crippen LogP contribution in [0.25, 0.3) is 0 Å². The highest BCUT2D eigenvalue weighted by atomic mass is 35.6. The lowest BCUT2D eigenvalue weighted by atomic mass is 10.2. The summed E-state index contributed by atoms with van der Waals surface area (Å²) in [6.45, 7) is 0. The summed E-state index contributed by atoms with van der Waals surface area (Å²) in [5.41, 5.74) is 0.0216. The van der Waals surface area contributed by atoms with Crippen LogP contribution in [0.15, 0.2) is 24.3 Å². The Kier molecular flexibility index (Phi) is 4.38. The SMILES string of the molecule is O=C(NC(O)C(Cl)(Cl)Cl)c1cccc(F)c1. The fourth-order valence-electron chi connectivity index (χ4n) is 0.919. The number of benzene rings is 1. The van der Waals surface area contributed by atoms with Crippen molar-refractivity contribution >= 4 is 40.7 Å². The van der Waals surface area contributed by atoms with Crippen LogP contribution in [0, 0.1) is 5.82 Å². The Balaban J connectivity index is 2.74. The molecule has 7 heteroatoms. The predicted octanol–water partition coefficient (Wildman–Crippen LogP) is 2.24. The van der Waals surface area contributed by atoms with Gasteiger partial charge in [0.15, 0.2) is 6.23 Å². The highest BCUT2D eigenvalue weighted by molar-refractivity contribution is 6.68.